The molecule has 1 amide bonds. The molecule has 1 aromatic rings. The maximum Gasteiger partial charge on any atom is 0.216 e. The summed E-state index contributed by atoms with van der Waals surface area (Å²) in [5.41, 5.74) is 1.11. The average molecular weight is 324 g/mol. The number of nitrogens with zero attached hydrogens (tertiary/aromatic N) is 2. The Morgan fingerprint density at radius 1 is 1.39 bits per heavy atom. The maximum absolute atomic E-state index is 14.2. The van der Waals surface area contributed by atoms with Crippen LogP contribution >= 0.6 is 0 Å². The van der Waals surface area contributed by atoms with Gasteiger partial charge in [0.25, 0.3) is 0 Å². The van der Waals surface area contributed by atoms with Gasteiger partial charge in [-0.1, -0.05) is 5.18 Å². The molecule has 0 saturated carbocycles. The second-order valence-electron chi connectivity index (χ2n) is 5.34. The predicted molar refractivity (Wildman–Crippen MR) is 86.2 cm³/mol. The predicted octanol–water partition coefficient (Wildman–Crippen LogP) is 1.35. The summed E-state index contributed by atoms with van der Waals surface area (Å²) in [6.45, 7) is 4.26. The molecule has 7 nitrogen and oxygen atoms in total. The van der Waals surface area contributed by atoms with Gasteiger partial charge in [0.05, 0.1) is 18.9 Å². The van der Waals surface area contributed by atoms with Crippen molar-refractivity contribution < 1.29 is 13.9 Å². The lowest BCUT2D eigenvalue weighted by molar-refractivity contribution is -0.119. The van der Waals surface area contributed by atoms with E-state index < -0.39 is 6.04 Å². The van der Waals surface area contributed by atoms with Crippen LogP contribution in [0.2, 0.25) is 0 Å². The van der Waals surface area contributed by atoms with Gasteiger partial charge in [0, 0.05) is 38.8 Å². The minimum absolute atomic E-state index is 0.153. The largest absolute Gasteiger partial charge is 0.383 e. The highest BCUT2D eigenvalue weighted by Gasteiger charge is 2.16. The van der Waals surface area contributed by atoms with Gasteiger partial charge in [0.15, 0.2) is 0 Å². The smallest absolute Gasteiger partial charge is 0.216 e. The third-order valence-corrected chi connectivity index (χ3v) is 3.58. The van der Waals surface area contributed by atoms with Crippen LogP contribution in [0.1, 0.15) is 6.92 Å². The average Bonchev–Trinajstić information content (AvgIpc) is 2.55. The SMILES string of the molecule is CC(=O)NCC(CNc1ccc(N2CCOCC2)c(F)c1)N=O. The molecule has 1 heterocycles. The summed E-state index contributed by atoms with van der Waals surface area (Å²) in [4.78, 5) is 23.5. The van der Waals surface area contributed by atoms with E-state index in [0.717, 1.165) is 0 Å². The van der Waals surface area contributed by atoms with Crippen LogP contribution in [-0.2, 0) is 9.53 Å². The van der Waals surface area contributed by atoms with Crippen molar-refractivity contribution in [2.24, 2.45) is 5.18 Å². The number of carbonyl (C=O) groups is 1. The van der Waals surface area contributed by atoms with E-state index in [0.29, 0.717) is 37.7 Å². The van der Waals surface area contributed by atoms with E-state index >= 15 is 0 Å². The van der Waals surface area contributed by atoms with E-state index in [2.05, 4.69) is 15.8 Å². The van der Waals surface area contributed by atoms with Crippen LogP contribution in [0.5, 0.6) is 0 Å². The Labute approximate surface area is 134 Å². The highest BCUT2D eigenvalue weighted by molar-refractivity contribution is 5.72. The molecule has 1 atom stereocenters. The Hall–Kier alpha value is -2.22. The fraction of sp³-hybridized carbons (Fsp3) is 0.533. The standard InChI is InChI=1S/C15H21FN4O3/c1-11(21)17-9-13(19-22)10-18-12-2-3-15(14(16)8-12)20-4-6-23-7-5-20/h2-3,8,13,18H,4-7,9-10H2,1H3,(H,17,21). The van der Waals surface area contributed by atoms with Crippen LogP contribution in [0.15, 0.2) is 23.4 Å². The third kappa shape index (κ3) is 5.17. The molecule has 1 fully saturated rings. The molecule has 0 bridgehead atoms. The highest BCUT2D eigenvalue weighted by atomic mass is 19.1. The zero-order chi connectivity index (χ0) is 16.7. The number of hydrogen-bond acceptors (Lipinski definition) is 6. The Bertz CT molecular complexity index is 550. The lowest BCUT2D eigenvalue weighted by Crippen LogP contribution is -2.36. The summed E-state index contributed by atoms with van der Waals surface area (Å²) in [7, 11) is 0. The monoisotopic (exact) mass is 324 g/mol. The van der Waals surface area contributed by atoms with Crippen LogP contribution < -0.4 is 15.5 Å². The fourth-order valence-corrected chi connectivity index (χ4v) is 2.32. The minimum atomic E-state index is -0.610. The van der Waals surface area contributed by atoms with Crippen molar-refractivity contribution in [3.8, 4) is 0 Å². The topological polar surface area (TPSA) is 83.0 Å². The number of halogens is 1. The number of nitroso groups, excluding NO2 is 1. The van der Waals surface area contributed by atoms with Gasteiger partial charge in [-0.15, -0.1) is 0 Å². The number of hydrogen-bond donors (Lipinski definition) is 2. The Morgan fingerprint density at radius 3 is 2.74 bits per heavy atom. The Balaban J connectivity index is 1.91. The molecule has 1 saturated heterocycles. The van der Waals surface area contributed by atoms with Crippen LogP contribution in [-0.4, -0.2) is 51.3 Å². The summed E-state index contributed by atoms with van der Waals surface area (Å²) in [5, 5.41) is 8.44. The van der Waals surface area contributed by atoms with Crippen molar-refractivity contribution in [2.75, 3.05) is 49.6 Å². The molecule has 2 rings (SSSR count). The van der Waals surface area contributed by atoms with Gasteiger partial charge in [-0.2, -0.15) is 4.91 Å². The van der Waals surface area contributed by atoms with Gasteiger partial charge in [0.1, 0.15) is 11.9 Å². The van der Waals surface area contributed by atoms with Gasteiger partial charge in [0.2, 0.25) is 5.91 Å². The normalized spacial score (nSPS) is 15.8. The molecule has 23 heavy (non-hydrogen) atoms. The van der Waals surface area contributed by atoms with Gasteiger partial charge in [-0.25, -0.2) is 4.39 Å². The molecule has 1 aliphatic rings. The first-order valence-corrected chi connectivity index (χ1v) is 7.53. The zero-order valence-corrected chi connectivity index (χ0v) is 13.0. The van der Waals surface area contributed by atoms with Crippen LogP contribution in [0.25, 0.3) is 0 Å². The second kappa shape index (κ2) is 8.42. The molecule has 1 aliphatic heterocycles. The lowest BCUT2D eigenvalue weighted by atomic mass is 10.2. The first-order chi connectivity index (χ1) is 11.1. The van der Waals surface area contributed by atoms with E-state index in [-0.39, 0.29) is 24.8 Å². The number of amides is 1. The summed E-state index contributed by atoms with van der Waals surface area (Å²) in [6.07, 6.45) is 0. The number of nitrogens with one attached hydrogen (secondary N) is 2. The highest BCUT2D eigenvalue weighted by Crippen LogP contribution is 2.23. The quantitative estimate of drug-likeness (QED) is 0.740. The third-order valence-electron chi connectivity index (χ3n) is 3.58. The minimum Gasteiger partial charge on any atom is -0.383 e. The van der Waals surface area contributed by atoms with Crippen LogP contribution in [0, 0.1) is 10.7 Å². The molecule has 8 heteroatoms. The van der Waals surface area contributed by atoms with E-state index in [4.69, 9.17) is 4.74 Å². The lowest BCUT2D eigenvalue weighted by Gasteiger charge is -2.29. The molecule has 1 unspecified atom stereocenters. The van der Waals surface area contributed by atoms with Crippen molar-refractivity contribution in [3.05, 3.63) is 28.9 Å². The summed E-state index contributed by atoms with van der Waals surface area (Å²) >= 11 is 0. The van der Waals surface area contributed by atoms with Crippen molar-refractivity contribution in [3.63, 3.8) is 0 Å². The van der Waals surface area contributed by atoms with Crippen molar-refractivity contribution in [2.45, 2.75) is 13.0 Å². The molecule has 0 aliphatic carbocycles. The van der Waals surface area contributed by atoms with E-state index in [1.54, 1.807) is 12.1 Å². The van der Waals surface area contributed by atoms with E-state index in [1.165, 1.54) is 13.0 Å². The zero-order valence-electron chi connectivity index (χ0n) is 13.0. The number of morpholine rings is 1. The number of carbonyl (C=O) groups excluding carboxylic acids is 1. The summed E-state index contributed by atoms with van der Waals surface area (Å²) < 4.78 is 19.5. The molecule has 0 radical (unpaired) electrons. The van der Waals surface area contributed by atoms with Crippen LogP contribution in [0.4, 0.5) is 15.8 Å². The number of anilines is 2. The number of ether oxygens (including phenoxy) is 1. The van der Waals surface area contributed by atoms with Crippen molar-refractivity contribution in [1.29, 1.82) is 0 Å². The van der Waals surface area contributed by atoms with Crippen molar-refractivity contribution in [1.82, 2.24) is 5.32 Å². The summed E-state index contributed by atoms with van der Waals surface area (Å²) in [6, 6.07) is 4.25. The van der Waals surface area contributed by atoms with Gasteiger partial charge >= 0.3 is 0 Å². The van der Waals surface area contributed by atoms with Crippen molar-refractivity contribution >= 4 is 17.3 Å². The fourth-order valence-electron chi connectivity index (χ4n) is 2.32. The van der Waals surface area contributed by atoms with E-state index in [1.807, 2.05) is 4.90 Å². The molecule has 2 N–H and O–H groups in total. The number of benzene rings is 1. The van der Waals surface area contributed by atoms with Crippen LogP contribution in [0.3, 0.4) is 0 Å². The number of rotatable bonds is 7. The molecule has 0 aromatic heterocycles. The van der Waals surface area contributed by atoms with Gasteiger partial charge in [-0.05, 0) is 18.2 Å². The Morgan fingerprint density at radius 2 is 2.13 bits per heavy atom. The second-order valence-corrected chi connectivity index (χ2v) is 5.34. The molecular formula is C15H21FN4O3. The molecule has 0 spiro atoms. The van der Waals surface area contributed by atoms with E-state index in [9.17, 15) is 14.1 Å². The first kappa shape index (κ1) is 17.1. The Kier molecular flexibility index (Phi) is 6.28. The summed E-state index contributed by atoms with van der Waals surface area (Å²) in [5.74, 6) is -0.547. The van der Waals surface area contributed by atoms with Gasteiger partial charge in [-0.3, -0.25) is 4.79 Å². The molecule has 126 valence electrons. The van der Waals surface area contributed by atoms with Gasteiger partial charge < -0.3 is 20.3 Å². The molecule has 1 aromatic carbocycles. The molecular weight excluding hydrogens is 303 g/mol. The first-order valence-electron chi connectivity index (χ1n) is 7.53. The maximum atomic E-state index is 14.2.